The molecule has 132 valence electrons. The van der Waals surface area contributed by atoms with E-state index in [0.29, 0.717) is 29.7 Å². The first-order valence-electron chi connectivity index (χ1n) is 8.16. The lowest BCUT2D eigenvalue weighted by Crippen LogP contribution is -2.13. The Hall–Kier alpha value is -3.29. The van der Waals surface area contributed by atoms with Gasteiger partial charge in [-0.15, -0.1) is 0 Å². The van der Waals surface area contributed by atoms with E-state index in [-0.39, 0.29) is 22.9 Å². The maximum absolute atomic E-state index is 14.3. The highest BCUT2D eigenvalue weighted by Gasteiger charge is 2.28. The number of halogens is 1. The first-order chi connectivity index (χ1) is 12.5. The third-order valence-electron chi connectivity index (χ3n) is 4.38. The number of carbonyl (C=O) groups is 2. The molecule has 0 spiro atoms. The van der Waals surface area contributed by atoms with Gasteiger partial charge in [-0.05, 0) is 31.5 Å². The number of benzene rings is 1. The molecule has 8 heteroatoms. The molecule has 2 aromatic heterocycles. The van der Waals surface area contributed by atoms with Crippen LogP contribution >= 0.6 is 0 Å². The van der Waals surface area contributed by atoms with Crippen LogP contribution in [0.1, 0.15) is 45.1 Å². The van der Waals surface area contributed by atoms with Crippen LogP contribution in [0, 0.1) is 12.7 Å². The van der Waals surface area contributed by atoms with Crippen LogP contribution in [0.3, 0.4) is 0 Å². The number of carbonyl (C=O) groups excluding carboxylic acids is 2. The van der Waals surface area contributed by atoms with Gasteiger partial charge in [-0.2, -0.15) is 5.10 Å². The number of nitrogens with one attached hydrogen (secondary N) is 1. The van der Waals surface area contributed by atoms with Crippen molar-refractivity contribution in [3.05, 3.63) is 59.3 Å². The summed E-state index contributed by atoms with van der Waals surface area (Å²) in [6.45, 7) is 1.69. The smallest absolute Gasteiger partial charge is 0.291 e. The van der Waals surface area contributed by atoms with Crippen molar-refractivity contribution >= 4 is 17.4 Å². The van der Waals surface area contributed by atoms with E-state index in [1.54, 1.807) is 13.0 Å². The van der Waals surface area contributed by atoms with Crippen molar-refractivity contribution in [2.45, 2.75) is 26.2 Å². The van der Waals surface area contributed by atoms with Crippen LogP contribution in [-0.4, -0.2) is 26.5 Å². The number of hydrogen-bond donors (Lipinski definition) is 1. The minimum absolute atomic E-state index is 0.00483. The van der Waals surface area contributed by atoms with Crippen LogP contribution in [0.5, 0.6) is 0 Å². The number of nitrogens with zero attached hydrogens (tertiary/aromatic N) is 3. The average Bonchev–Trinajstić information content (AvgIpc) is 3.24. The fourth-order valence-electron chi connectivity index (χ4n) is 3.16. The predicted molar refractivity (Wildman–Crippen MR) is 90.0 cm³/mol. The molecule has 0 fully saturated rings. The van der Waals surface area contributed by atoms with Crippen LogP contribution in [-0.2, 0) is 6.42 Å². The number of furan rings is 1. The van der Waals surface area contributed by atoms with Gasteiger partial charge in [-0.3, -0.25) is 9.59 Å². The number of rotatable bonds is 3. The number of aryl methyl sites for hydroxylation is 1. The number of anilines is 1. The maximum Gasteiger partial charge on any atom is 0.291 e. The van der Waals surface area contributed by atoms with Gasteiger partial charge in [0.05, 0.1) is 5.56 Å². The molecule has 1 amide bonds. The second-order valence-corrected chi connectivity index (χ2v) is 6.09. The van der Waals surface area contributed by atoms with Crippen LogP contribution in [0.25, 0.3) is 5.69 Å². The predicted octanol–water partition coefficient (Wildman–Crippen LogP) is 3.08. The molecule has 0 bridgehead atoms. The fraction of sp³-hybridized carbons (Fsp3) is 0.222. The van der Waals surface area contributed by atoms with Crippen molar-refractivity contribution < 1.29 is 18.4 Å². The third kappa shape index (κ3) is 2.69. The van der Waals surface area contributed by atoms with Crippen molar-refractivity contribution in [3.8, 4) is 5.69 Å². The van der Waals surface area contributed by atoms with Crippen molar-refractivity contribution in [1.29, 1.82) is 0 Å². The largest absolute Gasteiger partial charge is 0.455 e. The van der Waals surface area contributed by atoms with Gasteiger partial charge in [0.1, 0.15) is 24.1 Å². The number of Topliss-reactive ketones (excluding diaryl/α,β-unsaturated/α-hetero) is 1. The molecule has 7 nitrogen and oxygen atoms in total. The van der Waals surface area contributed by atoms with Crippen LogP contribution in [0.4, 0.5) is 10.1 Å². The number of amides is 1. The molecule has 0 unspecified atom stereocenters. The third-order valence-corrected chi connectivity index (χ3v) is 4.38. The highest BCUT2D eigenvalue weighted by Crippen LogP contribution is 2.30. The van der Waals surface area contributed by atoms with E-state index in [2.05, 4.69) is 15.4 Å². The number of fused-ring (bicyclic) bond motifs is 1. The SMILES string of the molecule is Cc1c(C(=O)Nc2ccc(-n3cncn3)c(F)c2)oc2c1C(=O)CCC2. The maximum atomic E-state index is 14.3. The molecule has 1 N–H and O–H groups in total. The number of ketones is 1. The molecule has 4 rings (SSSR count). The zero-order valence-corrected chi connectivity index (χ0v) is 14.0. The summed E-state index contributed by atoms with van der Waals surface area (Å²) in [5.41, 5.74) is 1.53. The summed E-state index contributed by atoms with van der Waals surface area (Å²) in [5, 5.41) is 6.48. The second kappa shape index (κ2) is 6.21. The van der Waals surface area contributed by atoms with Crippen molar-refractivity contribution in [2.75, 3.05) is 5.32 Å². The van der Waals surface area contributed by atoms with Gasteiger partial charge in [0, 0.05) is 24.1 Å². The Bertz CT molecular complexity index is 1010. The molecule has 1 aliphatic rings. The zero-order valence-electron chi connectivity index (χ0n) is 14.0. The molecule has 0 atom stereocenters. The summed E-state index contributed by atoms with van der Waals surface area (Å²) in [7, 11) is 0. The fourth-order valence-corrected chi connectivity index (χ4v) is 3.16. The van der Waals surface area contributed by atoms with Gasteiger partial charge in [0.25, 0.3) is 5.91 Å². The van der Waals surface area contributed by atoms with E-state index in [0.717, 1.165) is 6.42 Å². The molecular formula is C18H15FN4O3. The molecule has 1 aromatic carbocycles. The summed E-state index contributed by atoms with van der Waals surface area (Å²) in [4.78, 5) is 28.3. The van der Waals surface area contributed by atoms with Gasteiger partial charge in [0.15, 0.2) is 17.4 Å². The minimum atomic E-state index is -0.557. The molecule has 0 saturated carbocycles. The summed E-state index contributed by atoms with van der Waals surface area (Å²) in [6, 6.07) is 4.24. The van der Waals surface area contributed by atoms with Crippen molar-refractivity contribution in [1.82, 2.24) is 14.8 Å². The standard InChI is InChI=1S/C18H15FN4O3/c1-10-16-14(24)3-2-4-15(16)26-17(10)18(25)22-11-5-6-13(12(19)7-11)23-9-20-8-21-23/h5-9H,2-4H2,1H3,(H,22,25). The van der Waals surface area contributed by atoms with Gasteiger partial charge in [-0.1, -0.05) is 0 Å². The first-order valence-corrected chi connectivity index (χ1v) is 8.16. The average molecular weight is 354 g/mol. The van der Waals surface area contributed by atoms with E-state index in [1.807, 2.05) is 0 Å². The van der Waals surface area contributed by atoms with Crippen molar-refractivity contribution in [3.63, 3.8) is 0 Å². The van der Waals surface area contributed by atoms with Crippen molar-refractivity contribution in [2.24, 2.45) is 0 Å². The van der Waals surface area contributed by atoms with E-state index in [4.69, 9.17) is 4.42 Å². The van der Waals surface area contributed by atoms with E-state index in [9.17, 15) is 14.0 Å². The second-order valence-electron chi connectivity index (χ2n) is 6.09. The molecule has 0 aliphatic heterocycles. The Morgan fingerprint density at radius 2 is 2.19 bits per heavy atom. The summed E-state index contributed by atoms with van der Waals surface area (Å²) in [6.07, 6.45) is 4.50. The topological polar surface area (TPSA) is 90.0 Å². The van der Waals surface area contributed by atoms with Gasteiger partial charge < -0.3 is 9.73 Å². The Morgan fingerprint density at radius 3 is 2.88 bits per heavy atom. The van der Waals surface area contributed by atoms with Gasteiger partial charge in [-0.25, -0.2) is 14.1 Å². The highest BCUT2D eigenvalue weighted by molar-refractivity contribution is 6.07. The zero-order chi connectivity index (χ0) is 18.3. The van der Waals surface area contributed by atoms with Crippen LogP contribution in [0.15, 0.2) is 35.3 Å². The lowest BCUT2D eigenvalue weighted by molar-refractivity contribution is 0.0963. The Kier molecular flexibility index (Phi) is 3.87. The quantitative estimate of drug-likeness (QED) is 0.781. The molecule has 2 heterocycles. The summed E-state index contributed by atoms with van der Waals surface area (Å²) < 4.78 is 21.2. The lowest BCUT2D eigenvalue weighted by atomic mass is 9.94. The van der Waals surface area contributed by atoms with Crippen LogP contribution < -0.4 is 5.32 Å². The molecule has 26 heavy (non-hydrogen) atoms. The normalized spacial score (nSPS) is 13.5. The van der Waals surface area contributed by atoms with Crippen LogP contribution in [0.2, 0.25) is 0 Å². The van der Waals surface area contributed by atoms with Gasteiger partial charge >= 0.3 is 0 Å². The summed E-state index contributed by atoms with van der Waals surface area (Å²) in [5.74, 6) is -0.436. The highest BCUT2D eigenvalue weighted by atomic mass is 19.1. The molecular weight excluding hydrogens is 339 g/mol. The Labute approximate surface area is 147 Å². The Morgan fingerprint density at radius 1 is 1.35 bits per heavy atom. The van der Waals surface area contributed by atoms with E-state index < -0.39 is 11.7 Å². The molecule has 0 saturated heterocycles. The first kappa shape index (κ1) is 16.2. The minimum Gasteiger partial charge on any atom is -0.455 e. The molecule has 3 aromatic rings. The van der Waals surface area contributed by atoms with E-state index >= 15 is 0 Å². The van der Waals surface area contributed by atoms with Gasteiger partial charge in [0.2, 0.25) is 0 Å². The molecule has 1 aliphatic carbocycles. The lowest BCUT2D eigenvalue weighted by Gasteiger charge is -2.07. The number of hydrogen-bond acceptors (Lipinski definition) is 5. The monoisotopic (exact) mass is 354 g/mol. The summed E-state index contributed by atoms with van der Waals surface area (Å²) >= 11 is 0. The number of aromatic nitrogens is 3. The van der Waals surface area contributed by atoms with E-state index in [1.165, 1.54) is 29.5 Å². The molecule has 0 radical (unpaired) electrons. The Balaban J connectivity index is 1.59.